The second kappa shape index (κ2) is 9.54. The van der Waals surface area contributed by atoms with Gasteiger partial charge in [-0.2, -0.15) is 0 Å². The van der Waals surface area contributed by atoms with E-state index in [0.717, 1.165) is 39.4 Å². The molecule has 0 heterocycles. The predicted octanol–water partition coefficient (Wildman–Crippen LogP) is 6.71. The van der Waals surface area contributed by atoms with Crippen molar-refractivity contribution >= 4 is 24.3 Å². The molecule has 31 heavy (non-hydrogen) atoms. The van der Waals surface area contributed by atoms with Gasteiger partial charge in [0.05, 0.1) is 12.7 Å². The molecule has 4 aromatic rings. The van der Waals surface area contributed by atoms with Crippen molar-refractivity contribution in [2.75, 3.05) is 12.4 Å². The van der Waals surface area contributed by atoms with Crippen molar-refractivity contribution in [2.45, 2.75) is 11.4 Å². The van der Waals surface area contributed by atoms with Crippen LogP contribution in [-0.2, 0) is 11.3 Å². The van der Waals surface area contributed by atoms with Gasteiger partial charge in [-0.1, -0.05) is 60.7 Å². The van der Waals surface area contributed by atoms with Gasteiger partial charge in [-0.3, -0.25) is 0 Å². The third-order valence-electron chi connectivity index (χ3n) is 5.13. The molecule has 0 aliphatic carbocycles. The molecule has 0 spiro atoms. The number of benzene rings is 4. The van der Waals surface area contributed by atoms with Crippen molar-refractivity contribution in [3.63, 3.8) is 0 Å². The molecule has 0 unspecified atom stereocenters. The zero-order valence-electron chi connectivity index (χ0n) is 17.2. The molecule has 4 heteroatoms. The Balaban J connectivity index is 1.70. The number of anilines is 1. The Bertz CT molecular complexity index is 1190. The number of thiol groups is 1. The highest BCUT2D eigenvalue weighted by atomic mass is 32.1. The second-order valence-corrected chi connectivity index (χ2v) is 7.74. The lowest BCUT2D eigenvalue weighted by molar-refractivity contribution is 0.0601. The second-order valence-electron chi connectivity index (χ2n) is 7.22. The minimum absolute atomic E-state index is 0.339. The van der Waals surface area contributed by atoms with Gasteiger partial charge in [-0.15, -0.1) is 12.6 Å². The van der Waals surface area contributed by atoms with Gasteiger partial charge in [0.2, 0.25) is 0 Å². The zero-order valence-corrected chi connectivity index (χ0v) is 18.1. The Morgan fingerprint density at radius 1 is 0.806 bits per heavy atom. The van der Waals surface area contributed by atoms with Gasteiger partial charge in [0.1, 0.15) is 0 Å². The number of rotatable bonds is 6. The third kappa shape index (κ3) is 4.98. The van der Waals surface area contributed by atoms with Crippen LogP contribution in [0.5, 0.6) is 0 Å². The molecule has 0 bridgehead atoms. The number of hydrogen-bond acceptors (Lipinski definition) is 4. The number of carbonyl (C=O) groups is 1. The first-order chi connectivity index (χ1) is 15.1. The van der Waals surface area contributed by atoms with Crippen LogP contribution >= 0.6 is 12.6 Å². The maximum absolute atomic E-state index is 12.0. The maximum Gasteiger partial charge on any atom is 0.337 e. The lowest BCUT2D eigenvalue weighted by Gasteiger charge is -2.15. The quantitative estimate of drug-likeness (QED) is 0.266. The van der Waals surface area contributed by atoms with Gasteiger partial charge in [-0.05, 0) is 64.2 Å². The molecule has 0 fully saturated rings. The van der Waals surface area contributed by atoms with Crippen LogP contribution in [0, 0.1) is 0 Å². The van der Waals surface area contributed by atoms with Crippen molar-refractivity contribution in [1.82, 2.24) is 0 Å². The summed E-state index contributed by atoms with van der Waals surface area (Å²) in [5, 5.41) is 3.51. The van der Waals surface area contributed by atoms with Crippen LogP contribution < -0.4 is 5.32 Å². The molecule has 3 nitrogen and oxygen atoms in total. The number of hydrogen-bond donors (Lipinski definition) is 2. The molecular weight excluding hydrogens is 402 g/mol. The fourth-order valence-electron chi connectivity index (χ4n) is 3.51. The summed E-state index contributed by atoms with van der Waals surface area (Å²) in [4.78, 5) is 13.0. The van der Waals surface area contributed by atoms with Crippen molar-refractivity contribution in [1.29, 1.82) is 0 Å². The van der Waals surface area contributed by atoms with E-state index >= 15 is 0 Å². The van der Waals surface area contributed by atoms with Crippen molar-refractivity contribution < 1.29 is 9.53 Å². The largest absolute Gasteiger partial charge is 0.465 e. The molecule has 0 saturated carbocycles. The minimum atomic E-state index is -0.339. The molecule has 0 saturated heterocycles. The Labute approximate surface area is 188 Å². The van der Waals surface area contributed by atoms with E-state index in [4.69, 9.17) is 4.74 Å². The van der Waals surface area contributed by atoms with Crippen molar-refractivity contribution in [3.05, 3.63) is 108 Å². The van der Waals surface area contributed by atoms with Crippen LogP contribution in [0.4, 0.5) is 5.69 Å². The smallest absolute Gasteiger partial charge is 0.337 e. The average molecular weight is 426 g/mol. The average Bonchev–Trinajstić information content (AvgIpc) is 2.83. The molecule has 0 amide bonds. The standard InChI is InChI=1S/C27H23NO2S/c1-30-27(29)22-9-5-8-21(16-22)25-15-12-23(17-26(25)20-6-3-2-4-7-20)28-18-19-10-13-24(31)14-11-19/h2-17,28,31H,18H2,1H3. The van der Waals surface area contributed by atoms with Gasteiger partial charge in [-0.25, -0.2) is 4.79 Å². The summed E-state index contributed by atoms with van der Waals surface area (Å²) in [6.07, 6.45) is 0. The minimum Gasteiger partial charge on any atom is -0.465 e. The molecule has 0 atom stereocenters. The highest BCUT2D eigenvalue weighted by Crippen LogP contribution is 2.35. The third-order valence-corrected chi connectivity index (χ3v) is 5.43. The molecule has 0 aromatic heterocycles. The Morgan fingerprint density at radius 2 is 1.55 bits per heavy atom. The summed E-state index contributed by atoms with van der Waals surface area (Å²) in [6, 6.07) is 32.2. The van der Waals surface area contributed by atoms with E-state index in [-0.39, 0.29) is 5.97 Å². The van der Waals surface area contributed by atoms with Crippen LogP contribution in [0.3, 0.4) is 0 Å². The maximum atomic E-state index is 12.0. The SMILES string of the molecule is COC(=O)c1cccc(-c2ccc(NCc3ccc(S)cc3)cc2-c2ccccc2)c1. The van der Waals surface area contributed by atoms with Gasteiger partial charge in [0.25, 0.3) is 0 Å². The summed E-state index contributed by atoms with van der Waals surface area (Å²) in [5.41, 5.74) is 6.99. The molecule has 154 valence electrons. The highest BCUT2D eigenvalue weighted by molar-refractivity contribution is 7.80. The van der Waals surface area contributed by atoms with Crippen LogP contribution in [0.15, 0.2) is 102 Å². The number of esters is 1. The fourth-order valence-corrected chi connectivity index (χ4v) is 3.66. The van der Waals surface area contributed by atoms with E-state index in [0.29, 0.717) is 5.56 Å². The van der Waals surface area contributed by atoms with Crippen LogP contribution in [0.25, 0.3) is 22.3 Å². The summed E-state index contributed by atoms with van der Waals surface area (Å²) in [6.45, 7) is 0.722. The Morgan fingerprint density at radius 3 is 2.29 bits per heavy atom. The number of methoxy groups -OCH3 is 1. The molecule has 0 aliphatic rings. The van der Waals surface area contributed by atoms with Gasteiger partial charge >= 0.3 is 5.97 Å². The van der Waals surface area contributed by atoms with Crippen LogP contribution in [0.1, 0.15) is 15.9 Å². The topological polar surface area (TPSA) is 38.3 Å². The van der Waals surface area contributed by atoms with Gasteiger partial charge < -0.3 is 10.1 Å². The van der Waals surface area contributed by atoms with Gasteiger partial charge in [0, 0.05) is 17.1 Å². The monoisotopic (exact) mass is 425 g/mol. The number of carbonyl (C=O) groups excluding carboxylic acids is 1. The van der Waals surface area contributed by atoms with Crippen molar-refractivity contribution in [2.24, 2.45) is 0 Å². The normalized spacial score (nSPS) is 10.5. The van der Waals surface area contributed by atoms with E-state index in [2.05, 4.69) is 60.4 Å². The fraction of sp³-hybridized carbons (Fsp3) is 0.0741. The van der Waals surface area contributed by atoms with Crippen molar-refractivity contribution in [3.8, 4) is 22.3 Å². The van der Waals surface area contributed by atoms with E-state index in [1.54, 1.807) is 6.07 Å². The first kappa shape index (κ1) is 20.8. The molecule has 0 aliphatic heterocycles. The van der Waals surface area contributed by atoms with E-state index in [1.807, 2.05) is 48.5 Å². The molecular formula is C27H23NO2S. The van der Waals surface area contributed by atoms with Gasteiger partial charge in [0.15, 0.2) is 0 Å². The number of ether oxygens (including phenoxy) is 1. The zero-order chi connectivity index (χ0) is 21.6. The Hall–Kier alpha value is -3.50. The molecule has 4 rings (SSSR count). The predicted molar refractivity (Wildman–Crippen MR) is 130 cm³/mol. The summed E-state index contributed by atoms with van der Waals surface area (Å²) in [7, 11) is 1.40. The number of nitrogens with one attached hydrogen (secondary N) is 1. The van der Waals surface area contributed by atoms with E-state index < -0.39 is 0 Å². The Kier molecular flexibility index (Phi) is 6.39. The van der Waals surface area contributed by atoms with Crippen LogP contribution in [-0.4, -0.2) is 13.1 Å². The summed E-state index contributed by atoms with van der Waals surface area (Å²) in [5.74, 6) is -0.339. The first-order valence-electron chi connectivity index (χ1n) is 10.0. The lowest BCUT2D eigenvalue weighted by atomic mass is 9.93. The summed E-state index contributed by atoms with van der Waals surface area (Å²) < 4.78 is 4.89. The molecule has 4 aromatic carbocycles. The molecule has 1 N–H and O–H groups in total. The lowest BCUT2D eigenvalue weighted by Crippen LogP contribution is -2.01. The van der Waals surface area contributed by atoms with Crippen LogP contribution in [0.2, 0.25) is 0 Å². The van der Waals surface area contributed by atoms with E-state index in [9.17, 15) is 4.79 Å². The highest BCUT2D eigenvalue weighted by Gasteiger charge is 2.12. The molecule has 0 radical (unpaired) electrons. The van der Waals surface area contributed by atoms with E-state index in [1.165, 1.54) is 12.7 Å². The summed E-state index contributed by atoms with van der Waals surface area (Å²) >= 11 is 4.35. The first-order valence-corrected chi connectivity index (χ1v) is 10.5.